The van der Waals surface area contributed by atoms with E-state index in [1.54, 1.807) is 0 Å². The third kappa shape index (κ3) is 6.88. The number of rotatable bonds is 7. The van der Waals surface area contributed by atoms with E-state index in [0.717, 1.165) is 0 Å². The Morgan fingerprint density at radius 1 is 1.38 bits per heavy atom. The highest BCUT2D eigenvalue weighted by Crippen LogP contribution is 2.21. The Hall–Kier alpha value is -0.240. The van der Waals surface area contributed by atoms with Gasteiger partial charge in [-0.15, -0.1) is 0 Å². The Bertz CT molecular complexity index is 179. The number of nitrogens with two attached hydrogens (primary N) is 2. The second-order valence-electron chi connectivity index (χ2n) is 2.31. The summed E-state index contributed by atoms with van der Waals surface area (Å²) in [6.45, 7) is 0. The third-order valence-corrected chi connectivity index (χ3v) is 3.58. The summed E-state index contributed by atoms with van der Waals surface area (Å²) in [6, 6.07) is -1.34. The van der Waals surface area contributed by atoms with E-state index in [-0.39, 0.29) is 0 Å². The number of carboxylic acids is 1. The van der Waals surface area contributed by atoms with Crippen LogP contribution in [0.2, 0.25) is 0 Å². The van der Waals surface area contributed by atoms with Crippen molar-refractivity contribution in [1.82, 2.24) is 0 Å². The van der Waals surface area contributed by atoms with Crippen molar-refractivity contribution in [1.29, 1.82) is 0 Å². The fourth-order valence-electron chi connectivity index (χ4n) is 0.359. The number of carboxylic acid groups (broad SMARTS) is 1. The van der Waals surface area contributed by atoms with Crippen LogP contribution in [0.1, 0.15) is 0 Å². The Kier molecular flexibility index (Phi) is 7.06. The van der Waals surface area contributed by atoms with Gasteiger partial charge in [-0.05, 0) is 0 Å². The first-order valence-electron chi connectivity index (χ1n) is 3.51. The molecule has 13 heavy (non-hydrogen) atoms. The van der Waals surface area contributed by atoms with Crippen molar-refractivity contribution in [3.63, 3.8) is 0 Å². The van der Waals surface area contributed by atoms with Gasteiger partial charge in [-0.3, -0.25) is 4.79 Å². The molecule has 0 aliphatic heterocycles. The van der Waals surface area contributed by atoms with Gasteiger partial charge in [0.15, 0.2) is 0 Å². The molecule has 0 saturated heterocycles. The summed E-state index contributed by atoms with van der Waals surface area (Å²) in [6.07, 6.45) is 0.657. The summed E-state index contributed by atoms with van der Waals surface area (Å²) in [4.78, 5) is 20.3. The molecule has 5 nitrogen and oxygen atoms in total. The number of aliphatic carboxylic acids is 1. The summed E-state index contributed by atoms with van der Waals surface area (Å²) >= 11 is 0. The van der Waals surface area contributed by atoms with E-state index < -0.39 is 18.1 Å². The number of hydrogen-bond donors (Lipinski definition) is 3. The zero-order chi connectivity index (χ0) is 10.3. The number of carbonyl (C=O) groups is 2. The van der Waals surface area contributed by atoms with Crippen LogP contribution < -0.4 is 11.5 Å². The van der Waals surface area contributed by atoms with Gasteiger partial charge in [0.2, 0.25) is 0 Å². The van der Waals surface area contributed by atoms with E-state index >= 15 is 0 Å². The molecule has 0 bridgehead atoms. The number of carbonyl (C=O) groups excluding carboxylic acids is 1. The monoisotopic (exact) mass is 224 g/mol. The van der Waals surface area contributed by atoms with Gasteiger partial charge in [-0.2, -0.15) is 0 Å². The minimum Gasteiger partial charge on any atom is -0.480 e. The highest BCUT2D eigenvalue weighted by molar-refractivity contribution is 8.76. The topological polar surface area (TPSA) is 106 Å². The zero-order valence-corrected chi connectivity index (χ0v) is 8.51. The van der Waals surface area contributed by atoms with Gasteiger partial charge in [0.25, 0.3) is 0 Å². The molecule has 0 saturated carbocycles. The third-order valence-electron chi connectivity index (χ3n) is 1.08. The molecule has 76 valence electrons. The predicted molar refractivity (Wildman–Crippen MR) is 54.6 cm³/mol. The summed E-state index contributed by atoms with van der Waals surface area (Å²) < 4.78 is 0. The van der Waals surface area contributed by atoms with Gasteiger partial charge in [0, 0.05) is 11.5 Å². The van der Waals surface area contributed by atoms with Gasteiger partial charge < -0.3 is 21.4 Å². The van der Waals surface area contributed by atoms with Crippen LogP contribution in [-0.4, -0.2) is 41.0 Å². The molecular weight excluding hydrogens is 212 g/mol. The maximum absolute atomic E-state index is 10.3. The molecule has 0 fully saturated rings. The quantitative estimate of drug-likeness (QED) is 0.298. The molecule has 7 heteroatoms. The van der Waals surface area contributed by atoms with Crippen molar-refractivity contribution in [3.05, 3.63) is 0 Å². The van der Waals surface area contributed by atoms with Crippen molar-refractivity contribution >= 4 is 33.8 Å². The van der Waals surface area contributed by atoms with E-state index in [4.69, 9.17) is 16.6 Å². The highest BCUT2D eigenvalue weighted by Gasteiger charge is 2.11. The lowest BCUT2D eigenvalue weighted by Gasteiger charge is -2.05. The van der Waals surface area contributed by atoms with E-state index in [2.05, 4.69) is 0 Å². The standard InChI is InChI=1S/C6H12N2O3S2/c7-4(1-9)2-12-13-3-5(8)6(10)11/h1,4-5H,2-3,7-8H2,(H,10,11)/t4-,5+/m1/s1. The van der Waals surface area contributed by atoms with Crippen LogP contribution in [0.15, 0.2) is 0 Å². The van der Waals surface area contributed by atoms with E-state index in [1.807, 2.05) is 0 Å². The molecule has 0 aromatic heterocycles. The van der Waals surface area contributed by atoms with Crippen LogP contribution in [0.25, 0.3) is 0 Å². The molecule has 0 rings (SSSR count). The first-order chi connectivity index (χ1) is 6.07. The molecule has 0 aromatic carbocycles. The molecule has 2 atom stereocenters. The lowest BCUT2D eigenvalue weighted by Crippen LogP contribution is -2.32. The second-order valence-corrected chi connectivity index (χ2v) is 4.87. The first kappa shape index (κ1) is 12.8. The second kappa shape index (κ2) is 7.19. The van der Waals surface area contributed by atoms with Crippen molar-refractivity contribution in [2.24, 2.45) is 11.5 Å². The van der Waals surface area contributed by atoms with Crippen LogP contribution in [0.4, 0.5) is 0 Å². The maximum atomic E-state index is 10.3. The zero-order valence-electron chi connectivity index (χ0n) is 6.88. The fourth-order valence-corrected chi connectivity index (χ4v) is 2.56. The van der Waals surface area contributed by atoms with Gasteiger partial charge >= 0.3 is 5.97 Å². The Morgan fingerprint density at radius 3 is 2.38 bits per heavy atom. The SMILES string of the molecule is N[C@H](C=O)CSSC[C@H](N)C(=O)O. The highest BCUT2D eigenvalue weighted by atomic mass is 33.1. The molecule has 0 amide bonds. The van der Waals surface area contributed by atoms with Gasteiger partial charge in [0.05, 0.1) is 6.04 Å². The van der Waals surface area contributed by atoms with Crippen molar-refractivity contribution < 1.29 is 14.7 Å². The summed E-state index contributed by atoms with van der Waals surface area (Å²) in [5.74, 6) is -0.237. The summed E-state index contributed by atoms with van der Waals surface area (Å²) in [5, 5.41) is 8.41. The molecule has 0 spiro atoms. The minimum absolute atomic E-state index is 0.311. The van der Waals surface area contributed by atoms with E-state index in [9.17, 15) is 9.59 Å². The molecule has 0 aliphatic carbocycles. The van der Waals surface area contributed by atoms with Crippen LogP contribution in [0, 0.1) is 0 Å². The van der Waals surface area contributed by atoms with Crippen LogP contribution >= 0.6 is 21.6 Å². The van der Waals surface area contributed by atoms with Crippen molar-refractivity contribution in [2.45, 2.75) is 12.1 Å². The Labute approximate surface area is 84.0 Å². The Balaban J connectivity index is 3.35. The lowest BCUT2D eigenvalue weighted by molar-refractivity contribution is -0.137. The lowest BCUT2D eigenvalue weighted by atomic mass is 10.4. The molecule has 0 radical (unpaired) electrons. The van der Waals surface area contributed by atoms with Gasteiger partial charge in [-0.1, -0.05) is 21.6 Å². The largest absolute Gasteiger partial charge is 0.480 e. The molecular formula is C6H12N2O3S2. The van der Waals surface area contributed by atoms with Crippen LogP contribution in [0.3, 0.4) is 0 Å². The predicted octanol–water partition coefficient (Wildman–Crippen LogP) is -0.694. The molecule has 0 aliphatic rings. The normalized spacial score (nSPS) is 14.9. The van der Waals surface area contributed by atoms with E-state index in [0.29, 0.717) is 17.8 Å². The molecule has 0 heterocycles. The minimum atomic E-state index is -1.02. The van der Waals surface area contributed by atoms with Crippen molar-refractivity contribution in [2.75, 3.05) is 11.5 Å². The molecule has 0 unspecified atom stereocenters. The van der Waals surface area contributed by atoms with Gasteiger partial charge in [0.1, 0.15) is 12.3 Å². The first-order valence-corrected chi connectivity index (χ1v) is 6.00. The van der Waals surface area contributed by atoms with Crippen molar-refractivity contribution in [3.8, 4) is 0 Å². The van der Waals surface area contributed by atoms with E-state index in [1.165, 1.54) is 21.6 Å². The average molecular weight is 224 g/mol. The van der Waals surface area contributed by atoms with Crippen LogP contribution in [0.5, 0.6) is 0 Å². The molecule has 5 N–H and O–H groups in total. The summed E-state index contributed by atoms with van der Waals surface area (Å²) in [5.41, 5.74) is 10.5. The fraction of sp³-hybridized carbons (Fsp3) is 0.667. The number of aldehydes is 1. The Morgan fingerprint density at radius 2 is 1.92 bits per heavy atom. The average Bonchev–Trinajstić information content (AvgIpc) is 2.11. The van der Waals surface area contributed by atoms with Gasteiger partial charge in [-0.25, -0.2) is 0 Å². The van der Waals surface area contributed by atoms with Crippen LogP contribution in [-0.2, 0) is 9.59 Å². The maximum Gasteiger partial charge on any atom is 0.321 e. The summed E-state index contributed by atoms with van der Waals surface area (Å²) in [7, 11) is 2.65. The smallest absolute Gasteiger partial charge is 0.321 e. The number of hydrogen-bond acceptors (Lipinski definition) is 6. The molecule has 0 aromatic rings.